The van der Waals surface area contributed by atoms with E-state index in [0.29, 0.717) is 5.56 Å². The lowest BCUT2D eigenvalue weighted by atomic mass is 9.73. The van der Waals surface area contributed by atoms with Crippen molar-refractivity contribution in [2.75, 3.05) is 4.90 Å². The number of anilines is 3. The number of para-hydroxylation sites is 2. The quantitative estimate of drug-likeness (QED) is 0.346. The van der Waals surface area contributed by atoms with Crippen LogP contribution in [0.15, 0.2) is 91.0 Å². The minimum absolute atomic E-state index is 0.0623. The van der Waals surface area contributed by atoms with Crippen LogP contribution < -0.4 is 4.90 Å². The number of fused-ring (bicyclic) bond motifs is 2. The highest BCUT2D eigenvalue weighted by molar-refractivity contribution is 5.86. The second-order valence-electron chi connectivity index (χ2n) is 8.70. The van der Waals surface area contributed by atoms with E-state index in [0.717, 1.165) is 22.4 Å². The molecular weight excluding hydrogens is 376 g/mol. The van der Waals surface area contributed by atoms with Crippen LogP contribution in [0, 0.1) is 18.3 Å². The number of nitriles is 1. The first kappa shape index (κ1) is 19.2. The highest BCUT2D eigenvalue weighted by atomic mass is 15.2. The third-order valence-corrected chi connectivity index (χ3v) is 6.37. The van der Waals surface area contributed by atoms with Gasteiger partial charge in [0.2, 0.25) is 0 Å². The zero-order valence-electron chi connectivity index (χ0n) is 18.1. The zero-order valence-corrected chi connectivity index (χ0v) is 18.1. The lowest BCUT2D eigenvalue weighted by Crippen LogP contribution is -2.30. The molecule has 4 aromatic carbocycles. The molecule has 0 atom stereocenters. The Morgan fingerprint density at radius 1 is 0.742 bits per heavy atom. The first-order chi connectivity index (χ1) is 15.0. The molecule has 0 N–H and O–H groups in total. The first-order valence-electron chi connectivity index (χ1n) is 10.6. The minimum atomic E-state index is -0.0623. The molecule has 0 amide bonds. The van der Waals surface area contributed by atoms with Gasteiger partial charge in [-0.15, -0.1) is 0 Å². The summed E-state index contributed by atoms with van der Waals surface area (Å²) in [5.74, 6) is 0. The average Bonchev–Trinajstić information content (AvgIpc) is 2.80. The summed E-state index contributed by atoms with van der Waals surface area (Å²) in [7, 11) is 0. The van der Waals surface area contributed by atoms with Gasteiger partial charge in [0.1, 0.15) is 0 Å². The van der Waals surface area contributed by atoms with Crippen LogP contribution in [0.1, 0.15) is 36.1 Å². The van der Waals surface area contributed by atoms with E-state index in [2.05, 4.69) is 104 Å². The van der Waals surface area contributed by atoms with E-state index < -0.39 is 0 Å². The Bertz CT molecular complexity index is 1270. The van der Waals surface area contributed by atoms with E-state index in [1.54, 1.807) is 0 Å². The minimum Gasteiger partial charge on any atom is -0.310 e. The van der Waals surface area contributed by atoms with Gasteiger partial charge in [-0.2, -0.15) is 5.26 Å². The summed E-state index contributed by atoms with van der Waals surface area (Å²) in [6.07, 6.45) is 0. The summed E-state index contributed by atoms with van der Waals surface area (Å²) < 4.78 is 0. The molecule has 1 aliphatic rings. The predicted octanol–water partition coefficient (Wildman–Crippen LogP) is 7.64. The molecule has 0 saturated heterocycles. The lowest BCUT2D eigenvalue weighted by molar-refractivity contribution is 0.632. The van der Waals surface area contributed by atoms with Crippen molar-refractivity contribution in [3.05, 3.63) is 113 Å². The molecule has 0 bridgehead atoms. The van der Waals surface area contributed by atoms with E-state index in [9.17, 15) is 5.26 Å². The SMILES string of the molecule is Cc1ccc(-c2ccc(N3c4ccccc4C(C)(C)c4ccccc43)cc2)c(C#N)c1. The molecule has 0 aromatic heterocycles. The molecule has 150 valence electrons. The molecule has 4 aromatic rings. The third kappa shape index (κ3) is 3.02. The number of hydrogen-bond donors (Lipinski definition) is 0. The monoisotopic (exact) mass is 400 g/mol. The van der Waals surface area contributed by atoms with Crippen LogP contribution >= 0.6 is 0 Å². The molecule has 0 radical (unpaired) electrons. The summed E-state index contributed by atoms with van der Waals surface area (Å²) in [6, 6.07) is 34.3. The number of hydrogen-bond acceptors (Lipinski definition) is 2. The highest BCUT2D eigenvalue weighted by Crippen LogP contribution is 2.51. The lowest BCUT2D eigenvalue weighted by Gasteiger charge is -2.42. The van der Waals surface area contributed by atoms with Gasteiger partial charge in [-0.3, -0.25) is 0 Å². The molecular formula is C29H24N2. The molecule has 2 heteroatoms. The van der Waals surface area contributed by atoms with Gasteiger partial charge in [0.15, 0.2) is 0 Å². The maximum absolute atomic E-state index is 9.57. The van der Waals surface area contributed by atoms with Gasteiger partial charge in [-0.25, -0.2) is 0 Å². The second kappa shape index (κ2) is 7.15. The van der Waals surface area contributed by atoms with Crippen LogP contribution in [0.2, 0.25) is 0 Å². The van der Waals surface area contributed by atoms with Gasteiger partial charge in [-0.1, -0.05) is 74.5 Å². The van der Waals surface area contributed by atoms with Crippen LogP contribution in [0.25, 0.3) is 11.1 Å². The topological polar surface area (TPSA) is 27.0 Å². The summed E-state index contributed by atoms with van der Waals surface area (Å²) in [5, 5.41) is 9.57. The number of nitrogens with zero attached hydrogens (tertiary/aromatic N) is 2. The van der Waals surface area contributed by atoms with Crippen LogP contribution in [0.3, 0.4) is 0 Å². The first-order valence-corrected chi connectivity index (χ1v) is 10.6. The fraction of sp³-hybridized carbons (Fsp3) is 0.138. The Hall–Kier alpha value is -3.83. The Kier molecular flexibility index (Phi) is 4.41. The highest BCUT2D eigenvalue weighted by Gasteiger charge is 2.36. The van der Waals surface area contributed by atoms with Crippen molar-refractivity contribution < 1.29 is 0 Å². The Morgan fingerprint density at radius 3 is 1.90 bits per heavy atom. The number of aryl methyl sites for hydroxylation is 1. The van der Waals surface area contributed by atoms with Crippen molar-refractivity contribution in [1.82, 2.24) is 0 Å². The van der Waals surface area contributed by atoms with Crippen molar-refractivity contribution in [3.63, 3.8) is 0 Å². The fourth-order valence-electron chi connectivity index (χ4n) is 4.74. The molecule has 0 aliphatic carbocycles. The molecule has 0 saturated carbocycles. The third-order valence-electron chi connectivity index (χ3n) is 6.37. The van der Waals surface area contributed by atoms with Gasteiger partial charge in [0, 0.05) is 11.1 Å². The van der Waals surface area contributed by atoms with Gasteiger partial charge in [0.25, 0.3) is 0 Å². The largest absolute Gasteiger partial charge is 0.310 e. The van der Waals surface area contributed by atoms with Crippen molar-refractivity contribution in [3.8, 4) is 17.2 Å². The van der Waals surface area contributed by atoms with Crippen molar-refractivity contribution in [1.29, 1.82) is 5.26 Å². The van der Waals surface area contributed by atoms with Crippen LogP contribution in [-0.4, -0.2) is 0 Å². The standard InChI is InChI=1S/C29H24N2/c1-20-12-17-24(22(18-20)19-30)21-13-15-23(16-14-21)31-27-10-6-4-8-25(27)29(2,3)26-9-5-7-11-28(26)31/h4-18H,1-3H3. The van der Waals surface area contributed by atoms with Crippen molar-refractivity contribution in [2.24, 2.45) is 0 Å². The molecule has 0 fully saturated rings. The molecule has 0 unspecified atom stereocenters. The molecule has 1 aliphatic heterocycles. The zero-order chi connectivity index (χ0) is 21.6. The Labute approximate surface area is 184 Å². The van der Waals surface area contributed by atoms with Gasteiger partial charge in [0.05, 0.1) is 23.0 Å². The van der Waals surface area contributed by atoms with Gasteiger partial charge >= 0.3 is 0 Å². The van der Waals surface area contributed by atoms with Crippen LogP contribution in [0.4, 0.5) is 17.1 Å². The number of benzene rings is 4. The maximum Gasteiger partial charge on any atom is 0.0998 e. The summed E-state index contributed by atoms with van der Waals surface area (Å²) in [4.78, 5) is 2.35. The molecule has 31 heavy (non-hydrogen) atoms. The Balaban J connectivity index is 1.65. The molecule has 5 rings (SSSR count). The van der Waals surface area contributed by atoms with Gasteiger partial charge < -0.3 is 4.90 Å². The Morgan fingerprint density at radius 2 is 1.32 bits per heavy atom. The smallest absolute Gasteiger partial charge is 0.0998 e. The summed E-state index contributed by atoms with van der Waals surface area (Å²) in [6.45, 7) is 6.61. The van der Waals surface area contributed by atoms with E-state index in [-0.39, 0.29) is 5.41 Å². The number of rotatable bonds is 2. The molecule has 0 spiro atoms. The van der Waals surface area contributed by atoms with E-state index in [1.165, 1.54) is 22.5 Å². The second-order valence-corrected chi connectivity index (χ2v) is 8.70. The molecule has 1 heterocycles. The maximum atomic E-state index is 9.57. The van der Waals surface area contributed by atoms with Crippen molar-refractivity contribution >= 4 is 17.1 Å². The van der Waals surface area contributed by atoms with Crippen LogP contribution in [0.5, 0.6) is 0 Å². The average molecular weight is 401 g/mol. The summed E-state index contributed by atoms with van der Waals surface area (Å²) >= 11 is 0. The van der Waals surface area contributed by atoms with E-state index in [4.69, 9.17) is 0 Å². The van der Waals surface area contributed by atoms with E-state index in [1.807, 2.05) is 19.1 Å². The molecule has 2 nitrogen and oxygen atoms in total. The van der Waals surface area contributed by atoms with Gasteiger partial charge in [-0.05, 0) is 65.1 Å². The van der Waals surface area contributed by atoms with Crippen molar-refractivity contribution in [2.45, 2.75) is 26.2 Å². The predicted molar refractivity (Wildman–Crippen MR) is 128 cm³/mol. The fourth-order valence-corrected chi connectivity index (χ4v) is 4.74. The van der Waals surface area contributed by atoms with E-state index >= 15 is 0 Å². The normalized spacial score (nSPS) is 13.8. The summed E-state index contributed by atoms with van der Waals surface area (Å²) in [5.41, 5.74) is 9.96. The van der Waals surface area contributed by atoms with Crippen LogP contribution in [-0.2, 0) is 5.41 Å².